The zero-order chi connectivity index (χ0) is 18.0. The maximum absolute atomic E-state index is 12.8. The van der Waals surface area contributed by atoms with Crippen LogP contribution in [-0.2, 0) is 14.8 Å². The van der Waals surface area contributed by atoms with Gasteiger partial charge in [0.2, 0.25) is 15.9 Å². The number of sulfonamides is 1. The van der Waals surface area contributed by atoms with E-state index in [-0.39, 0.29) is 36.4 Å². The monoisotopic (exact) mass is 369 g/mol. The Bertz CT molecular complexity index is 744. The lowest BCUT2D eigenvalue weighted by Crippen LogP contribution is -2.52. The zero-order valence-electron chi connectivity index (χ0n) is 14.2. The lowest BCUT2D eigenvalue weighted by molar-refractivity contribution is -0.135. The first-order valence-electron chi connectivity index (χ1n) is 8.32. The van der Waals surface area contributed by atoms with Crippen LogP contribution in [0.25, 0.3) is 0 Å². The number of fused-ring (bicyclic) bond motifs is 1. The van der Waals surface area contributed by atoms with Gasteiger partial charge in [0.15, 0.2) is 11.5 Å². The summed E-state index contributed by atoms with van der Waals surface area (Å²) >= 11 is 0. The van der Waals surface area contributed by atoms with Crippen LogP contribution in [0.1, 0.15) is 6.92 Å². The molecule has 2 aliphatic heterocycles. The third-order valence-corrected chi connectivity index (χ3v) is 6.37. The summed E-state index contributed by atoms with van der Waals surface area (Å²) in [6.45, 7) is 4.18. The van der Waals surface area contributed by atoms with Crippen LogP contribution in [0, 0.1) is 5.92 Å². The normalized spacial score (nSPS) is 19.5. The minimum Gasteiger partial charge on any atom is -0.486 e. The molecule has 25 heavy (non-hydrogen) atoms. The second-order valence-electron chi connectivity index (χ2n) is 6.17. The quantitative estimate of drug-likeness (QED) is 0.794. The van der Waals surface area contributed by atoms with Gasteiger partial charge in [0.1, 0.15) is 13.2 Å². The lowest BCUT2D eigenvalue weighted by Gasteiger charge is -2.35. The molecule has 2 heterocycles. The Balaban J connectivity index is 1.71. The third kappa shape index (κ3) is 3.58. The molecule has 1 aromatic rings. The van der Waals surface area contributed by atoms with E-state index in [0.29, 0.717) is 37.8 Å². The van der Waals surface area contributed by atoms with E-state index in [9.17, 15) is 13.2 Å². The van der Waals surface area contributed by atoms with Gasteiger partial charge in [-0.3, -0.25) is 4.79 Å². The van der Waals surface area contributed by atoms with E-state index in [1.54, 1.807) is 17.9 Å². The fraction of sp³-hybridized carbons (Fsp3) is 0.562. The summed E-state index contributed by atoms with van der Waals surface area (Å²) in [5.74, 6) is 0.717. The SMILES string of the molecule is CC(CN)C(=O)N1CCN(S(=O)(=O)c2ccc3c(c2)OCCO3)CC1. The summed E-state index contributed by atoms with van der Waals surface area (Å²) in [4.78, 5) is 14.0. The van der Waals surface area contributed by atoms with E-state index in [4.69, 9.17) is 15.2 Å². The van der Waals surface area contributed by atoms with Crippen LogP contribution >= 0.6 is 0 Å². The number of carbonyl (C=O) groups excluding carboxylic acids is 1. The fourth-order valence-electron chi connectivity index (χ4n) is 2.89. The number of amides is 1. The molecule has 1 amide bonds. The van der Waals surface area contributed by atoms with Gasteiger partial charge >= 0.3 is 0 Å². The van der Waals surface area contributed by atoms with Crippen LogP contribution in [-0.4, -0.2) is 69.5 Å². The Morgan fingerprint density at radius 2 is 1.80 bits per heavy atom. The van der Waals surface area contributed by atoms with Gasteiger partial charge in [0.05, 0.1) is 4.90 Å². The van der Waals surface area contributed by atoms with Gasteiger partial charge in [-0.15, -0.1) is 0 Å². The average molecular weight is 369 g/mol. The van der Waals surface area contributed by atoms with E-state index in [1.165, 1.54) is 16.4 Å². The minimum absolute atomic E-state index is 0.0288. The molecule has 0 aliphatic carbocycles. The molecule has 2 N–H and O–H groups in total. The Morgan fingerprint density at radius 1 is 1.16 bits per heavy atom. The van der Waals surface area contributed by atoms with Crippen molar-refractivity contribution in [3.63, 3.8) is 0 Å². The molecule has 3 rings (SSSR count). The predicted octanol–water partition coefficient (Wildman–Crippen LogP) is -0.114. The van der Waals surface area contributed by atoms with Crippen LogP contribution < -0.4 is 15.2 Å². The highest BCUT2D eigenvalue weighted by molar-refractivity contribution is 7.89. The van der Waals surface area contributed by atoms with Crippen molar-refractivity contribution in [2.45, 2.75) is 11.8 Å². The summed E-state index contributed by atoms with van der Waals surface area (Å²) < 4.78 is 38.0. The minimum atomic E-state index is -3.64. The van der Waals surface area contributed by atoms with Crippen LogP contribution in [0.3, 0.4) is 0 Å². The fourth-order valence-corrected chi connectivity index (χ4v) is 4.33. The van der Waals surface area contributed by atoms with Gasteiger partial charge in [-0.25, -0.2) is 8.42 Å². The molecule has 0 bridgehead atoms. The van der Waals surface area contributed by atoms with Crippen molar-refractivity contribution in [2.24, 2.45) is 11.7 Å². The first-order chi connectivity index (χ1) is 11.9. The molecule has 0 radical (unpaired) electrons. The van der Waals surface area contributed by atoms with E-state index in [0.717, 1.165) is 0 Å². The van der Waals surface area contributed by atoms with Crippen molar-refractivity contribution in [2.75, 3.05) is 45.9 Å². The number of piperazine rings is 1. The molecule has 0 aromatic heterocycles. The summed E-state index contributed by atoms with van der Waals surface area (Å²) in [5, 5.41) is 0. The summed E-state index contributed by atoms with van der Waals surface area (Å²) in [6, 6.07) is 4.64. The van der Waals surface area contributed by atoms with E-state index in [1.807, 2.05) is 0 Å². The van der Waals surface area contributed by atoms with E-state index < -0.39 is 10.0 Å². The number of benzene rings is 1. The zero-order valence-corrected chi connectivity index (χ0v) is 15.0. The highest BCUT2D eigenvalue weighted by Crippen LogP contribution is 2.33. The van der Waals surface area contributed by atoms with Crippen molar-refractivity contribution in [1.29, 1.82) is 0 Å². The molecule has 2 aliphatic rings. The molecule has 1 saturated heterocycles. The molecular weight excluding hydrogens is 346 g/mol. The number of rotatable bonds is 4. The van der Waals surface area contributed by atoms with Gasteiger partial charge in [-0.2, -0.15) is 4.31 Å². The van der Waals surface area contributed by atoms with E-state index >= 15 is 0 Å². The van der Waals surface area contributed by atoms with Gasteiger partial charge in [0.25, 0.3) is 0 Å². The molecule has 1 unspecified atom stereocenters. The number of ether oxygens (including phenoxy) is 2. The maximum Gasteiger partial charge on any atom is 0.243 e. The standard InChI is InChI=1S/C16H23N3O5S/c1-12(11-17)16(20)18-4-6-19(7-5-18)25(21,22)13-2-3-14-15(10-13)24-9-8-23-14/h2-3,10,12H,4-9,11,17H2,1H3. The lowest BCUT2D eigenvalue weighted by atomic mass is 10.1. The molecule has 1 fully saturated rings. The molecule has 0 saturated carbocycles. The number of hydrogen-bond acceptors (Lipinski definition) is 6. The number of nitrogens with zero attached hydrogens (tertiary/aromatic N) is 2. The van der Waals surface area contributed by atoms with Crippen LogP contribution in [0.4, 0.5) is 0 Å². The number of hydrogen-bond donors (Lipinski definition) is 1. The Morgan fingerprint density at radius 3 is 2.44 bits per heavy atom. The molecule has 9 heteroatoms. The van der Waals surface area contributed by atoms with Gasteiger partial charge in [-0.1, -0.05) is 6.92 Å². The second kappa shape index (κ2) is 7.19. The molecule has 138 valence electrons. The largest absolute Gasteiger partial charge is 0.486 e. The van der Waals surface area contributed by atoms with E-state index in [2.05, 4.69) is 0 Å². The molecular formula is C16H23N3O5S. The molecule has 1 atom stereocenters. The summed E-state index contributed by atoms with van der Waals surface area (Å²) in [5.41, 5.74) is 5.53. The van der Waals surface area contributed by atoms with Crippen molar-refractivity contribution < 1.29 is 22.7 Å². The topological polar surface area (TPSA) is 102 Å². The molecule has 0 spiro atoms. The number of nitrogens with two attached hydrogens (primary N) is 1. The highest BCUT2D eigenvalue weighted by atomic mass is 32.2. The second-order valence-corrected chi connectivity index (χ2v) is 8.11. The van der Waals surface area contributed by atoms with Crippen molar-refractivity contribution in [3.8, 4) is 11.5 Å². The van der Waals surface area contributed by atoms with Gasteiger partial charge in [-0.05, 0) is 12.1 Å². The molecule has 1 aromatic carbocycles. The van der Waals surface area contributed by atoms with Crippen LogP contribution in [0.15, 0.2) is 23.1 Å². The Labute approximate surface area is 147 Å². The highest BCUT2D eigenvalue weighted by Gasteiger charge is 2.32. The van der Waals surface area contributed by atoms with Crippen LogP contribution in [0.5, 0.6) is 11.5 Å². The smallest absolute Gasteiger partial charge is 0.243 e. The Kier molecular flexibility index (Phi) is 5.16. The van der Waals surface area contributed by atoms with Crippen molar-refractivity contribution in [1.82, 2.24) is 9.21 Å². The first kappa shape index (κ1) is 18.0. The number of carbonyl (C=O) groups is 1. The maximum atomic E-state index is 12.8. The summed E-state index contributed by atoms with van der Waals surface area (Å²) in [7, 11) is -3.64. The summed E-state index contributed by atoms with van der Waals surface area (Å²) in [6.07, 6.45) is 0. The molecule has 8 nitrogen and oxygen atoms in total. The average Bonchev–Trinajstić information content (AvgIpc) is 2.66. The van der Waals surface area contributed by atoms with Crippen molar-refractivity contribution in [3.05, 3.63) is 18.2 Å². The van der Waals surface area contributed by atoms with Crippen LogP contribution in [0.2, 0.25) is 0 Å². The Hall–Kier alpha value is -1.84. The van der Waals surface area contributed by atoms with Gasteiger partial charge in [0, 0.05) is 44.7 Å². The predicted molar refractivity (Wildman–Crippen MR) is 91.0 cm³/mol. The first-order valence-corrected chi connectivity index (χ1v) is 9.76. The van der Waals surface area contributed by atoms with Crippen molar-refractivity contribution >= 4 is 15.9 Å². The third-order valence-electron chi connectivity index (χ3n) is 4.48. The van der Waals surface area contributed by atoms with Gasteiger partial charge < -0.3 is 20.1 Å².